The van der Waals surface area contributed by atoms with Crippen molar-refractivity contribution in [2.24, 2.45) is 5.41 Å². The second-order valence-electron chi connectivity index (χ2n) is 9.55. The molecule has 2 saturated heterocycles. The van der Waals surface area contributed by atoms with Crippen molar-refractivity contribution in [1.82, 2.24) is 9.88 Å². The number of halogens is 2. The number of benzene rings is 2. The average Bonchev–Trinajstić information content (AvgIpc) is 3.31. The van der Waals surface area contributed by atoms with Crippen LogP contribution in [0.5, 0.6) is 11.5 Å². The maximum absolute atomic E-state index is 15.3. The van der Waals surface area contributed by atoms with Gasteiger partial charge in [-0.15, -0.1) is 0 Å². The molecule has 7 heteroatoms. The number of hydrogen-bond acceptors (Lipinski definition) is 5. The van der Waals surface area contributed by atoms with E-state index in [4.69, 9.17) is 25.8 Å². The van der Waals surface area contributed by atoms with Crippen LogP contribution in [0.2, 0.25) is 5.15 Å². The first kappa shape index (κ1) is 21.8. The molecule has 0 N–H and O–H groups in total. The largest absolute Gasteiger partial charge is 0.486 e. The molecule has 176 valence electrons. The number of likely N-dealkylation sites (tertiary alicyclic amines) is 1. The molecule has 6 rings (SSSR count). The number of hydrogen-bond donors (Lipinski definition) is 0. The van der Waals surface area contributed by atoms with Gasteiger partial charge in [0.05, 0.1) is 6.61 Å². The summed E-state index contributed by atoms with van der Waals surface area (Å²) in [5.41, 5.74) is 4.90. The van der Waals surface area contributed by atoms with Crippen molar-refractivity contribution in [3.05, 3.63) is 64.6 Å². The molecule has 0 saturated carbocycles. The number of pyridine rings is 1. The van der Waals surface area contributed by atoms with Crippen LogP contribution in [0.15, 0.2) is 42.5 Å². The maximum Gasteiger partial charge on any atom is 0.161 e. The highest BCUT2D eigenvalue weighted by atomic mass is 35.5. The third-order valence-corrected chi connectivity index (χ3v) is 7.47. The maximum atomic E-state index is 15.3. The van der Waals surface area contributed by atoms with E-state index in [1.165, 1.54) is 6.07 Å². The first-order chi connectivity index (χ1) is 16.5. The van der Waals surface area contributed by atoms with Gasteiger partial charge in [-0.2, -0.15) is 0 Å². The normalized spacial score (nSPS) is 18.8. The third-order valence-electron chi connectivity index (χ3n) is 7.14. The minimum atomic E-state index is -0.360. The zero-order chi connectivity index (χ0) is 23.3. The van der Waals surface area contributed by atoms with Crippen molar-refractivity contribution in [1.29, 1.82) is 0 Å². The van der Waals surface area contributed by atoms with E-state index in [0.29, 0.717) is 24.9 Å². The third kappa shape index (κ3) is 3.84. The number of fused-ring (bicyclic) bond motifs is 1. The summed E-state index contributed by atoms with van der Waals surface area (Å²) in [5.74, 6) is 1.11. The van der Waals surface area contributed by atoms with Gasteiger partial charge in [-0.3, -0.25) is 4.90 Å². The second kappa shape index (κ2) is 8.52. The fourth-order valence-corrected chi connectivity index (χ4v) is 5.57. The molecule has 2 fully saturated rings. The molecule has 0 atom stereocenters. The molecule has 4 heterocycles. The Morgan fingerprint density at radius 3 is 2.62 bits per heavy atom. The summed E-state index contributed by atoms with van der Waals surface area (Å²) >= 11 is 6.56. The van der Waals surface area contributed by atoms with Gasteiger partial charge in [-0.1, -0.05) is 35.9 Å². The van der Waals surface area contributed by atoms with Crippen molar-refractivity contribution < 1.29 is 18.6 Å². The zero-order valence-corrected chi connectivity index (χ0v) is 19.8. The van der Waals surface area contributed by atoms with E-state index in [1.807, 2.05) is 43.3 Å². The molecule has 0 amide bonds. The number of nitrogens with zero attached hydrogens (tertiary/aromatic N) is 2. The summed E-state index contributed by atoms with van der Waals surface area (Å²) in [6, 6.07) is 13.2. The fourth-order valence-electron chi connectivity index (χ4n) is 5.37. The van der Waals surface area contributed by atoms with Crippen LogP contribution in [0.4, 0.5) is 4.39 Å². The van der Waals surface area contributed by atoms with Crippen molar-refractivity contribution in [2.75, 3.05) is 39.5 Å². The Hall–Kier alpha value is -2.67. The fraction of sp³-hybridized carbons (Fsp3) is 0.370. The van der Waals surface area contributed by atoms with Gasteiger partial charge in [-0.25, -0.2) is 9.37 Å². The quantitative estimate of drug-likeness (QED) is 0.461. The predicted molar refractivity (Wildman–Crippen MR) is 129 cm³/mol. The van der Waals surface area contributed by atoms with E-state index in [9.17, 15) is 0 Å². The second-order valence-corrected chi connectivity index (χ2v) is 9.91. The summed E-state index contributed by atoms with van der Waals surface area (Å²) in [7, 11) is 0. The van der Waals surface area contributed by atoms with E-state index in [2.05, 4.69) is 9.88 Å². The van der Waals surface area contributed by atoms with Crippen LogP contribution in [0.1, 0.15) is 17.5 Å². The summed E-state index contributed by atoms with van der Waals surface area (Å²) < 4.78 is 32.3. The molecule has 0 aliphatic carbocycles. The van der Waals surface area contributed by atoms with E-state index < -0.39 is 0 Å². The lowest BCUT2D eigenvalue weighted by atomic mass is 9.79. The van der Waals surface area contributed by atoms with Crippen LogP contribution >= 0.6 is 11.6 Å². The Morgan fingerprint density at radius 1 is 1.03 bits per heavy atom. The van der Waals surface area contributed by atoms with E-state index in [1.54, 1.807) is 0 Å². The van der Waals surface area contributed by atoms with Gasteiger partial charge in [0, 0.05) is 42.8 Å². The summed E-state index contributed by atoms with van der Waals surface area (Å²) in [4.78, 5) is 6.79. The van der Waals surface area contributed by atoms with E-state index in [-0.39, 0.29) is 16.9 Å². The van der Waals surface area contributed by atoms with Crippen molar-refractivity contribution in [3.8, 4) is 33.9 Å². The lowest BCUT2D eigenvalue weighted by Gasteiger charge is -2.47. The first-order valence-electron chi connectivity index (χ1n) is 11.7. The standard InChI is InChI=1S/C27H26ClFN2O3/c1-17-20(18-5-6-23-24(12-18)34-10-9-33-23)3-2-4-21(17)25-22(29)11-19(26(28)30-25)13-31-14-27(15-31)7-8-32-16-27/h2-6,11-12H,7-10,13-16H2,1H3. The van der Waals surface area contributed by atoms with Crippen LogP contribution in [-0.2, 0) is 11.3 Å². The van der Waals surface area contributed by atoms with Crippen molar-refractivity contribution >= 4 is 11.6 Å². The van der Waals surface area contributed by atoms with Gasteiger partial charge in [0.25, 0.3) is 0 Å². The van der Waals surface area contributed by atoms with Gasteiger partial charge < -0.3 is 14.2 Å². The highest BCUT2D eigenvalue weighted by Gasteiger charge is 2.45. The minimum absolute atomic E-state index is 0.273. The Labute approximate surface area is 203 Å². The Balaban J connectivity index is 1.28. The Morgan fingerprint density at radius 2 is 1.82 bits per heavy atom. The average molecular weight is 481 g/mol. The lowest BCUT2D eigenvalue weighted by molar-refractivity contribution is -0.0124. The molecule has 2 aromatic carbocycles. The van der Waals surface area contributed by atoms with Crippen LogP contribution in [0.3, 0.4) is 0 Å². The highest BCUT2D eigenvalue weighted by molar-refractivity contribution is 6.30. The summed E-state index contributed by atoms with van der Waals surface area (Å²) in [5, 5.41) is 0.351. The predicted octanol–water partition coefficient (Wildman–Crippen LogP) is 5.51. The van der Waals surface area contributed by atoms with E-state index in [0.717, 1.165) is 72.0 Å². The van der Waals surface area contributed by atoms with Gasteiger partial charge in [-0.05, 0) is 48.2 Å². The van der Waals surface area contributed by atoms with Crippen LogP contribution < -0.4 is 9.47 Å². The van der Waals surface area contributed by atoms with Crippen LogP contribution in [0, 0.1) is 18.2 Å². The monoisotopic (exact) mass is 480 g/mol. The Kier molecular flexibility index (Phi) is 5.47. The number of ether oxygens (including phenoxy) is 3. The summed E-state index contributed by atoms with van der Waals surface area (Å²) in [6.45, 7) is 7.24. The van der Waals surface area contributed by atoms with Crippen molar-refractivity contribution in [3.63, 3.8) is 0 Å². The number of aromatic nitrogens is 1. The SMILES string of the molecule is Cc1c(-c2ccc3c(c2)OCCO3)cccc1-c1nc(Cl)c(CN2CC3(CCOC3)C2)cc1F. The lowest BCUT2D eigenvalue weighted by Crippen LogP contribution is -2.56. The topological polar surface area (TPSA) is 43.8 Å². The molecule has 3 aliphatic rings. The molecule has 34 heavy (non-hydrogen) atoms. The molecule has 1 aromatic heterocycles. The minimum Gasteiger partial charge on any atom is -0.486 e. The van der Waals surface area contributed by atoms with Gasteiger partial charge in [0.2, 0.25) is 0 Å². The van der Waals surface area contributed by atoms with Gasteiger partial charge in [0.1, 0.15) is 29.9 Å². The van der Waals surface area contributed by atoms with Gasteiger partial charge in [0.15, 0.2) is 11.5 Å². The summed E-state index contributed by atoms with van der Waals surface area (Å²) in [6.07, 6.45) is 1.10. The zero-order valence-electron chi connectivity index (χ0n) is 19.1. The molecule has 1 spiro atoms. The Bertz CT molecular complexity index is 1250. The molecular weight excluding hydrogens is 455 g/mol. The molecule has 0 unspecified atom stereocenters. The first-order valence-corrected chi connectivity index (χ1v) is 12.0. The molecule has 0 radical (unpaired) electrons. The molecule has 5 nitrogen and oxygen atoms in total. The van der Waals surface area contributed by atoms with Crippen molar-refractivity contribution in [2.45, 2.75) is 19.9 Å². The molecular formula is C27H26ClFN2O3. The molecule has 3 aromatic rings. The molecule has 0 bridgehead atoms. The van der Waals surface area contributed by atoms with E-state index >= 15 is 4.39 Å². The van der Waals surface area contributed by atoms with Crippen LogP contribution in [0.25, 0.3) is 22.4 Å². The van der Waals surface area contributed by atoms with Crippen LogP contribution in [-0.4, -0.2) is 49.4 Å². The highest BCUT2D eigenvalue weighted by Crippen LogP contribution is 2.41. The molecule has 3 aliphatic heterocycles. The number of rotatable bonds is 4. The van der Waals surface area contributed by atoms with Gasteiger partial charge >= 0.3 is 0 Å². The smallest absolute Gasteiger partial charge is 0.161 e.